The molecular formula is C38H57N5O7. The van der Waals surface area contributed by atoms with Gasteiger partial charge in [0.05, 0.1) is 36.3 Å². The van der Waals surface area contributed by atoms with E-state index in [2.05, 4.69) is 29.3 Å². The van der Waals surface area contributed by atoms with E-state index in [9.17, 15) is 19.2 Å². The lowest BCUT2D eigenvalue weighted by atomic mass is 9.82. The number of carbonyl (C=O) groups excluding carboxylic acids is 2. The van der Waals surface area contributed by atoms with Gasteiger partial charge in [0.2, 0.25) is 11.8 Å². The Morgan fingerprint density at radius 2 is 1.22 bits per heavy atom. The van der Waals surface area contributed by atoms with E-state index in [1.54, 1.807) is 16.9 Å². The summed E-state index contributed by atoms with van der Waals surface area (Å²) in [6.07, 6.45) is 11.4. The van der Waals surface area contributed by atoms with Crippen LogP contribution in [0.4, 0.5) is 5.69 Å². The highest BCUT2D eigenvalue weighted by molar-refractivity contribution is 5.92. The number of ether oxygens (including phenoxy) is 1. The summed E-state index contributed by atoms with van der Waals surface area (Å²) in [5.41, 5.74) is 2.08. The Kier molecular flexibility index (Phi) is 18.0. The van der Waals surface area contributed by atoms with Gasteiger partial charge >= 0.3 is 11.9 Å². The monoisotopic (exact) mass is 695 g/mol. The molecule has 2 aliphatic rings. The van der Waals surface area contributed by atoms with Crippen LogP contribution in [0.2, 0.25) is 0 Å². The number of carboxylic acid groups (broad SMARTS) is 2. The first kappa shape index (κ1) is 41.7. The zero-order chi connectivity index (χ0) is 37.2. The van der Waals surface area contributed by atoms with Crippen LogP contribution in [0.1, 0.15) is 53.4 Å². The topological polar surface area (TPSA) is 153 Å². The van der Waals surface area contributed by atoms with Gasteiger partial charge < -0.3 is 35.0 Å². The first-order valence-electron chi connectivity index (χ1n) is 17.6. The minimum atomic E-state index is -0.866. The molecule has 0 fully saturated rings. The summed E-state index contributed by atoms with van der Waals surface area (Å²) < 4.78 is 5.26. The summed E-state index contributed by atoms with van der Waals surface area (Å²) in [5.74, 6) is -2.82. The second kappa shape index (κ2) is 21.6. The molecule has 4 atom stereocenters. The van der Waals surface area contributed by atoms with Crippen LogP contribution in [0.25, 0.3) is 10.9 Å². The first-order valence-corrected chi connectivity index (χ1v) is 17.6. The van der Waals surface area contributed by atoms with Crippen LogP contribution in [0, 0.1) is 23.7 Å². The van der Waals surface area contributed by atoms with E-state index in [0.29, 0.717) is 51.9 Å². The maximum Gasteiger partial charge on any atom is 0.307 e. The number of rotatable bonds is 13. The van der Waals surface area contributed by atoms with Gasteiger partial charge in [0, 0.05) is 56.5 Å². The van der Waals surface area contributed by atoms with Crippen molar-refractivity contribution in [3.8, 4) is 5.75 Å². The Bertz CT molecular complexity index is 1390. The van der Waals surface area contributed by atoms with Gasteiger partial charge in [-0.3, -0.25) is 24.2 Å². The average Bonchev–Trinajstić information content (AvgIpc) is 3.12. The lowest BCUT2D eigenvalue weighted by Gasteiger charge is -2.29. The smallest absolute Gasteiger partial charge is 0.307 e. The average molecular weight is 696 g/mol. The lowest BCUT2D eigenvalue weighted by Crippen LogP contribution is -2.41. The number of methoxy groups -OCH3 is 1. The van der Waals surface area contributed by atoms with E-state index < -0.39 is 23.8 Å². The number of likely N-dealkylation sites (N-methyl/N-ethyl adjacent to an activating group) is 1. The van der Waals surface area contributed by atoms with Crippen molar-refractivity contribution in [1.29, 1.82) is 0 Å². The first-order chi connectivity index (χ1) is 23.9. The third-order valence-electron chi connectivity index (χ3n) is 9.11. The summed E-state index contributed by atoms with van der Waals surface area (Å²) >= 11 is 0. The van der Waals surface area contributed by atoms with E-state index in [-0.39, 0.29) is 23.7 Å². The third kappa shape index (κ3) is 12.2. The number of hydrogen-bond acceptors (Lipinski definition) is 8. The van der Waals surface area contributed by atoms with Gasteiger partial charge in [-0.1, -0.05) is 24.3 Å². The molecule has 0 saturated heterocycles. The Morgan fingerprint density at radius 3 is 1.62 bits per heavy atom. The molecule has 12 heteroatoms. The standard InChI is InChI=1S/C14H19N3O.2C12H19NO3/c1-17(2)9-8-16-14-6-7-15-13-5-4-11(18-3)10-12(13)14;2*1-3-13(4-2)11(14)9-7-5-6-8-10(9)12(15)16/h4-7,10H,8-9H2,1-3H3,(H,15,16);2*5-6,9-10H,3-4,7-8H2,1-2H3,(H,15,16). The number of fused-ring (bicyclic) bond motifs is 1. The van der Waals surface area contributed by atoms with Crippen molar-refractivity contribution in [2.75, 3.05) is 65.8 Å². The number of hydrogen-bond donors (Lipinski definition) is 3. The third-order valence-corrected chi connectivity index (χ3v) is 9.11. The fourth-order valence-corrected chi connectivity index (χ4v) is 6.08. The highest BCUT2D eigenvalue weighted by Crippen LogP contribution is 2.29. The molecule has 276 valence electrons. The number of amides is 2. The molecule has 2 amide bonds. The molecule has 1 heterocycles. The number of aliphatic carboxylic acids is 2. The molecule has 0 bridgehead atoms. The number of aromatic nitrogens is 1. The molecule has 0 saturated carbocycles. The highest BCUT2D eigenvalue weighted by Gasteiger charge is 2.36. The van der Waals surface area contributed by atoms with E-state index in [1.165, 1.54) is 0 Å². The SMILES string of the molecule is CCN(CC)C(=O)C1CC=CCC1C(=O)O.CCN(CC)C(=O)C1CC=CCC1C(=O)O.COc1ccc2nccc(NCCN(C)C)c2c1. The van der Waals surface area contributed by atoms with Crippen LogP contribution >= 0.6 is 0 Å². The number of benzene rings is 1. The molecule has 3 N–H and O–H groups in total. The van der Waals surface area contributed by atoms with E-state index in [1.807, 2.05) is 82.5 Å². The molecule has 0 radical (unpaired) electrons. The van der Waals surface area contributed by atoms with Gasteiger partial charge in [0.15, 0.2) is 0 Å². The van der Waals surface area contributed by atoms with E-state index in [0.717, 1.165) is 35.4 Å². The fraction of sp³-hybridized carbons (Fsp3) is 0.553. The van der Waals surface area contributed by atoms with E-state index >= 15 is 0 Å². The minimum Gasteiger partial charge on any atom is -0.497 e. The Morgan fingerprint density at radius 1 is 0.760 bits per heavy atom. The predicted molar refractivity (Wildman–Crippen MR) is 197 cm³/mol. The molecule has 2 aromatic rings. The van der Waals surface area contributed by atoms with E-state index in [4.69, 9.17) is 14.9 Å². The van der Waals surface area contributed by atoms with Crippen molar-refractivity contribution in [3.05, 3.63) is 54.8 Å². The van der Waals surface area contributed by atoms with Crippen molar-refractivity contribution in [2.24, 2.45) is 23.7 Å². The summed E-state index contributed by atoms with van der Waals surface area (Å²) in [4.78, 5) is 56.3. The van der Waals surface area contributed by atoms with Crippen LogP contribution < -0.4 is 10.1 Å². The number of allylic oxidation sites excluding steroid dienone is 4. The second-order valence-electron chi connectivity index (χ2n) is 12.5. The zero-order valence-electron chi connectivity index (χ0n) is 30.8. The minimum absolute atomic E-state index is 0.0262. The molecule has 1 aromatic carbocycles. The van der Waals surface area contributed by atoms with Crippen LogP contribution in [0.15, 0.2) is 54.8 Å². The Hall–Kier alpha value is -4.45. The number of anilines is 1. The van der Waals surface area contributed by atoms with Gasteiger partial charge in [0.1, 0.15) is 5.75 Å². The van der Waals surface area contributed by atoms with Gasteiger partial charge in [-0.05, 0) is 91.7 Å². The molecule has 12 nitrogen and oxygen atoms in total. The van der Waals surface area contributed by atoms with Crippen LogP contribution in [-0.2, 0) is 19.2 Å². The van der Waals surface area contributed by atoms with Crippen molar-refractivity contribution in [2.45, 2.75) is 53.4 Å². The largest absolute Gasteiger partial charge is 0.497 e. The lowest BCUT2D eigenvalue weighted by molar-refractivity contribution is -0.150. The summed E-state index contributed by atoms with van der Waals surface area (Å²) in [6, 6.07) is 7.92. The molecule has 4 rings (SSSR count). The number of carboxylic acids is 2. The molecule has 0 aliphatic heterocycles. The summed E-state index contributed by atoms with van der Waals surface area (Å²) in [7, 11) is 5.81. The molecule has 1 aromatic heterocycles. The molecule has 0 spiro atoms. The summed E-state index contributed by atoms with van der Waals surface area (Å²) in [5, 5.41) is 22.7. The highest BCUT2D eigenvalue weighted by atomic mass is 16.5. The molecular weight excluding hydrogens is 638 g/mol. The van der Waals surface area contributed by atoms with Crippen molar-refractivity contribution >= 4 is 40.3 Å². The predicted octanol–water partition coefficient (Wildman–Crippen LogP) is 5.26. The number of nitrogens with one attached hydrogen (secondary N) is 1. The zero-order valence-corrected chi connectivity index (χ0v) is 30.8. The van der Waals surface area contributed by atoms with Gasteiger partial charge in [-0.15, -0.1) is 0 Å². The quantitative estimate of drug-likeness (QED) is 0.237. The van der Waals surface area contributed by atoms with Crippen LogP contribution in [-0.4, -0.2) is 114 Å². The van der Waals surface area contributed by atoms with Crippen molar-refractivity contribution < 1.29 is 34.1 Å². The van der Waals surface area contributed by atoms with Crippen molar-refractivity contribution in [1.82, 2.24) is 19.7 Å². The number of nitrogens with zero attached hydrogens (tertiary/aromatic N) is 4. The number of carbonyl (C=O) groups is 4. The number of pyridine rings is 1. The van der Waals surface area contributed by atoms with Gasteiger partial charge in [-0.2, -0.15) is 0 Å². The second-order valence-corrected chi connectivity index (χ2v) is 12.5. The van der Waals surface area contributed by atoms with Crippen molar-refractivity contribution in [3.63, 3.8) is 0 Å². The van der Waals surface area contributed by atoms with Crippen LogP contribution in [0.5, 0.6) is 5.75 Å². The Labute approximate surface area is 297 Å². The molecule has 4 unspecified atom stereocenters. The Balaban J connectivity index is 0.000000261. The molecule has 50 heavy (non-hydrogen) atoms. The van der Waals surface area contributed by atoms with Crippen LogP contribution in [0.3, 0.4) is 0 Å². The fourth-order valence-electron chi connectivity index (χ4n) is 6.08. The maximum atomic E-state index is 12.1. The normalized spacial score (nSPS) is 19.4. The van der Waals surface area contributed by atoms with Gasteiger partial charge in [0.25, 0.3) is 0 Å². The molecule has 2 aliphatic carbocycles. The maximum absolute atomic E-state index is 12.1. The van der Waals surface area contributed by atoms with Gasteiger partial charge in [-0.25, -0.2) is 0 Å². The summed E-state index contributed by atoms with van der Waals surface area (Å²) in [6.45, 7) is 12.1.